The smallest absolute Gasteiger partial charge is 0.319 e. The molecule has 0 saturated heterocycles. The summed E-state index contributed by atoms with van der Waals surface area (Å²) >= 11 is 0. The predicted octanol–water partition coefficient (Wildman–Crippen LogP) is 4.05. The van der Waals surface area contributed by atoms with Gasteiger partial charge in [0.15, 0.2) is 5.82 Å². The normalized spacial score (nSPS) is 11.6. The van der Waals surface area contributed by atoms with Crippen molar-refractivity contribution in [3.63, 3.8) is 0 Å². The van der Waals surface area contributed by atoms with E-state index in [2.05, 4.69) is 20.8 Å². The fraction of sp³-hybridized carbons (Fsp3) is 0.167. The number of hydrogen-bond acceptors (Lipinski definition) is 5. The maximum atomic E-state index is 12.0. The van der Waals surface area contributed by atoms with Crippen LogP contribution in [0.3, 0.4) is 0 Å². The molecule has 0 spiro atoms. The quantitative estimate of drug-likeness (QED) is 0.732. The molecule has 7 heteroatoms. The molecule has 2 N–H and O–H groups in total. The Morgan fingerprint density at radius 2 is 1.76 bits per heavy atom. The second-order valence-electron chi connectivity index (χ2n) is 5.44. The Morgan fingerprint density at radius 1 is 1.08 bits per heavy atom. The van der Waals surface area contributed by atoms with E-state index in [0.29, 0.717) is 23.2 Å². The van der Waals surface area contributed by atoms with Crippen LogP contribution in [0.2, 0.25) is 0 Å². The summed E-state index contributed by atoms with van der Waals surface area (Å²) in [6.45, 7) is 3.49. The standard InChI is InChI=1S/C18H18N4O3/c1-12(17-20-13(2)22-25-17)19-18(23)21-14-8-10-16(11-9-14)24-15-6-4-3-5-7-15/h3-12H,1-2H3,(H2,19,21,23). The van der Waals surface area contributed by atoms with Crippen LogP contribution in [0.5, 0.6) is 11.5 Å². The molecule has 0 aliphatic heterocycles. The van der Waals surface area contributed by atoms with E-state index in [1.165, 1.54) is 0 Å². The summed E-state index contributed by atoms with van der Waals surface area (Å²) < 4.78 is 10.7. The van der Waals surface area contributed by atoms with Gasteiger partial charge in [-0.25, -0.2) is 4.79 Å². The molecule has 0 bridgehead atoms. The van der Waals surface area contributed by atoms with Crippen molar-refractivity contribution in [2.75, 3.05) is 5.32 Å². The van der Waals surface area contributed by atoms with Gasteiger partial charge in [0.25, 0.3) is 0 Å². The van der Waals surface area contributed by atoms with E-state index in [-0.39, 0.29) is 12.1 Å². The average molecular weight is 338 g/mol. The number of rotatable bonds is 5. The van der Waals surface area contributed by atoms with E-state index in [4.69, 9.17) is 9.26 Å². The van der Waals surface area contributed by atoms with Crippen molar-refractivity contribution in [2.45, 2.75) is 19.9 Å². The van der Waals surface area contributed by atoms with Crippen molar-refractivity contribution in [2.24, 2.45) is 0 Å². The van der Waals surface area contributed by atoms with Gasteiger partial charge in [-0.05, 0) is 50.2 Å². The largest absolute Gasteiger partial charge is 0.457 e. The molecule has 1 unspecified atom stereocenters. The molecular formula is C18H18N4O3. The highest BCUT2D eigenvalue weighted by atomic mass is 16.5. The third-order valence-corrected chi connectivity index (χ3v) is 3.35. The highest BCUT2D eigenvalue weighted by Crippen LogP contribution is 2.22. The molecule has 1 atom stereocenters. The fourth-order valence-corrected chi connectivity index (χ4v) is 2.15. The van der Waals surface area contributed by atoms with E-state index < -0.39 is 0 Å². The summed E-state index contributed by atoms with van der Waals surface area (Å²) in [5, 5.41) is 9.18. The molecule has 1 aromatic heterocycles. The van der Waals surface area contributed by atoms with Gasteiger partial charge in [-0.3, -0.25) is 0 Å². The van der Waals surface area contributed by atoms with Crippen molar-refractivity contribution >= 4 is 11.7 Å². The minimum absolute atomic E-state index is 0.360. The number of ether oxygens (including phenoxy) is 1. The number of nitrogens with zero attached hydrogens (tertiary/aromatic N) is 2. The molecule has 128 valence electrons. The van der Waals surface area contributed by atoms with Crippen LogP contribution in [0, 0.1) is 6.92 Å². The molecule has 25 heavy (non-hydrogen) atoms. The summed E-state index contributed by atoms with van der Waals surface area (Å²) in [7, 11) is 0. The van der Waals surface area contributed by atoms with Crippen LogP contribution in [-0.4, -0.2) is 16.2 Å². The second kappa shape index (κ2) is 7.48. The van der Waals surface area contributed by atoms with E-state index in [1.54, 1.807) is 38.1 Å². The van der Waals surface area contributed by atoms with Gasteiger partial charge in [0.1, 0.15) is 17.5 Å². The second-order valence-corrected chi connectivity index (χ2v) is 5.44. The first-order valence-electron chi connectivity index (χ1n) is 7.81. The van der Waals surface area contributed by atoms with Crippen LogP contribution >= 0.6 is 0 Å². The number of amides is 2. The van der Waals surface area contributed by atoms with Crippen molar-refractivity contribution in [1.82, 2.24) is 15.5 Å². The lowest BCUT2D eigenvalue weighted by molar-refractivity contribution is 0.245. The van der Waals surface area contributed by atoms with Crippen LogP contribution in [0.4, 0.5) is 10.5 Å². The SMILES string of the molecule is Cc1noc(C(C)NC(=O)Nc2ccc(Oc3ccccc3)cc2)n1. The Kier molecular flexibility index (Phi) is 4.94. The minimum Gasteiger partial charge on any atom is -0.457 e. The lowest BCUT2D eigenvalue weighted by Crippen LogP contribution is -2.31. The maximum Gasteiger partial charge on any atom is 0.319 e. The summed E-state index contributed by atoms with van der Waals surface area (Å²) in [6.07, 6.45) is 0. The number of para-hydroxylation sites is 1. The molecular weight excluding hydrogens is 320 g/mol. The van der Waals surface area contributed by atoms with Crippen molar-refractivity contribution in [3.05, 3.63) is 66.3 Å². The van der Waals surface area contributed by atoms with Crippen LogP contribution in [-0.2, 0) is 0 Å². The molecule has 0 fully saturated rings. The number of carbonyl (C=O) groups excluding carboxylic acids is 1. The van der Waals surface area contributed by atoms with Crippen LogP contribution in [0.1, 0.15) is 24.7 Å². The Balaban J connectivity index is 1.55. The van der Waals surface area contributed by atoms with Gasteiger partial charge in [0.2, 0.25) is 5.89 Å². The number of benzene rings is 2. The van der Waals surface area contributed by atoms with E-state index >= 15 is 0 Å². The average Bonchev–Trinajstić information content (AvgIpc) is 3.04. The minimum atomic E-state index is -0.387. The third kappa shape index (κ3) is 4.57. The third-order valence-electron chi connectivity index (χ3n) is 3.35. The Bertz CT molecular complexity index is 831. The van der Waals surface area contributed by atoms with Gasteiger partial charge < -0.3 is 19.9 Å². The number of aromatic nitrogens is 2. The molecule has 7 nitrogen and oxygen atoms in total. The number of carbonyl (C=O) groups is 1. The molecule has 3 aromatic rings. The predicted molar refractivity (Wildman–Crippen MR) is 92.6 cm³/mol. The van der Waals surface area contributed by atoms with Gasteiger partial charge in [-0.2, -0.15) is 4.98 Å². The number of anilines is 1. The van der Waals surface area contributed by atoms with Gasteiger partial charge in [0, 0.05) is 5.69 Å². The molecule has 2 amide bonds. The molecule has 0 radical (unpaired) electrons. The molecule has 0 aliphatic rings. The van der Waals surface area contributed by atoms with Crippen LogP contribution < -0.4 is 15.4 Å². The Hall–Kier alpha value is -3.35. The first-order chi connectivity index (χ1) is 12.1. The Labute approximate surface area is 145 Å². The monoisotopic (exact) mass is 338 g/mol. The molecule has 1 heterocycles. The first-order valence-corrected chi connectivity index (χ1v) is 7.81. The number of urea groups is 1. The highest BCUT2D eigenvalue weighted by molar-refractivity contribution is 5.89. The topological polar surface area (TPSA) is 89.3 Å². The van der Waals surface area contributed by atoms with E-state index in [1.807, 2.05) is 30.3 Å². The van der Waals surface area contributed by atoms with E-state index in [9.17, 15) is 4.79 Å². The maximum absolute atomic E-state index is 12.0. The van der Waals surface area contributed by atoms with Crippen molar-refractivity contribution in [3.8, 4) is 11.5 Å². The van der Waals surface area contributed by atoms with Gasteiger partial charge >= 0.3 is 6.03 Å². The summed E-state index contributed by atoms with van der Waals surface area (Å²) in [5.41, 5.74) is 0.645. The summed E-state index contributed by atoms with van der Waals surface area (Å²) in [4.78, 5) is 16.1. The van der Waals surface area contributed by atoms with Crippen LogP contribution in [0.15, 0.2) is 59.1 Å². The zero-order valence-corrected chi connectivity index (χ0v) is 13.9. The van der Waals surface area contributed by atoms with Gasteiger partial charge in [-0.15, -0.1) is 0 Å². The number of aryl methyl sites for hydroxylation is 1. The molecule has 2 aromatic carbocycles. The number of hydrogen-bond donors (Lipinski definition) is 2. The number of nitrogens with one attached hydrogen (secondary N) is 2. The summed E-state index contributed by atoms with van der Waals surface area (Å²) in [6, 6.07) is 15.8. The lowest BCUT2D eigenvalue weighted by atomic mass is 10.3. The van der Waals surface area contributed by atoms with Gasteiger partial charge in [-0.1, -0.05) is 23.4 Å². The van der Waals surface area contributed by atoms with Gasteiger partial charge in [0.05, 0.1) is 0 Å². The van der Waals surface area contributed by atoms with Crippen molar-refractivity contribution in [1.29, 1.82) is 0 Å². The molecule has 0 saturated carbocycles. The molecule has 3 rings (SSSR count). The van der Waals surface area contributed by atoms with E-state index in [0.717, 1.165) is 5.75 Å². The lowest BCUT2D eigenvalue weighted by Gasteiger charge is -2.11. The molecule has 0 aliphatic carbocycles. The first kappa shape index (κ1) is 16.5. The van der Waals surface area contributed by atoms with Crippen molar-refractivity contribution < 1.29 is 14.1 Å². The van der Waals surface area contributed by atoms with Crippen LogP contribution in [0.25, 0.3) is 0 Å². The zero-order valence-electron chi connectivity index (χ0n) is 13.9. The fourth-order valence-electron chi connectivity index (χ4n) is 2.15. The zero-order chi connectivity index (χ0) is 17.6. The Morgan fingerprint density at radius 3 is 2.40 bits per heavy atom. The summed E-state index contributed by atoms with van der Waals surface area (Å²) in [5.74, 6) is 2.33. The highest BCUT2D eigenvalue weighted by Gasteiger charge is 2.15.